The highest BCUT2D eigenvalue weighted by Gasteiger charge is 2.21. The van der Waals surface area contributed by atoms with Crippen LogP contribution in [-0.4, -0.2) is 22.6 Å². The Morgan fingerprint density at radius 2 is 2.17 bits per heavy atom. The van der Waals surface area contributed by atoms with Crippen molar-refractivity contribution in [1.29, 1.82) is 0 Å². The molecule has 5 heteroatoms. The van der Waals surface area contributed by atoms with Crippen molar-refractivity contribution >= 4 is 17.5 Å². The largest absolute Gasteiger partial charge is 0.350 e. The first kappa shape index (κ1) is 13.3. The number of carbonyl (C=O) groups is 1. The topological polar surface area (TPSA) is 54.9 Å². The maximum atomic E-state index is 11.8. The average molecular weight is 268 g/mol. The Bertz CT molecular complexity index is 407. The van der Waals surface area contributed by atoms with E-state index in [2.05, 4.69) is 22.4 Å². The molecule has 0 aliphatic heterocycles. The van der Waals surface area contributed by atoms with Crippen LogP contribution in [0.4, 0.5) is 0 Å². The van der Waals surface area contributed by atoms with E-state index < -0.39 is 0 Å². The Morgan fingerprint density at radius 3 is 2.83 bits per heavy atom. The summed E-state index contributed by atoms with van der Waals surface area (Å²) in [6.07, 6.45) is 5.05. The first-order valence-electron chi connectivity index (χ1n) is 6.44. The number of carbonyl (C=O) groups excluding carboxylic acids is 1. The maximum Gasteiger partial charge on any atom is 0.271 e. The zero-order valence-corrected chi connectivity index (χ0v) is 11.3. The predicted molar refractivity (Wildman–Crippen MR) is 70.5 cm³/mol. The number of hydrogen-bond acceptors (Lipinski definition) is 3. The molecule has 2 unspecified atom stereocenters. The molecule has 1 fully saturated rings. The summed E-state index contributed by atoms with van der Waals surface area (Å²) in [7, 11) is 0. The van der Waals surface area contributed by atoms with Gasteiger partial charge in [-0.05, 0) is 30.4 Å². The van der Waals surface area contributed by atoms with E-state index in [0.29, 0.717) is 22.7 Å². The molecule has 1 aromatic rings. The Balaban J connectivity index is 1.86. The second-order valence-corrected chi connectivity index (χ2v) is 5.36. The van der Waals surface area contributed by atoms with Gasteiger partial charge in [-0.1, -0.05) is 37.8 Å². The monoisotopic (exact) mass is 267 g/mol. The predicted octanol–water partition coefficient (Wildman–Crippen LogP) is 2.69. The molecule has 0 spiro atoms. The second-order valence-electron chi connectivity index (χ2n) is 4.97. The van der Waals surface area contributed by atoms with Crippen LogP contribution in [0.25, 0.3) is 0 Å². The summed E-state index contributed by atoms with van der Waals surface area (Å²) in [6.45, 7) is 2.99. The highest BCUT2D eigenvalue weighted by atomic mass is 35.5. The molecular formula is C13H18ClN3O. The molecule has 18 heavy (non-hydrogen) atoms. The summed E-state index contributed by atoms with van der Waals surface area (Å²) in [4.78, 5) is 11.8. The molecule has 0 saturated heterocycles. The van der Waals surface area contributed by atoms with E-state index in [1.54, 1.807) is 12.1 Å². The Hall–Kier alpha value is -1.16. The minimum absolute atomic E-state index is 0.169. The van der Waals surface area contributed by atoms with Gasteiger partial charge < -0.3 is 5.32 Å². The molecule has 0 aromatic carbocycles. The van der Waals surface area contributed by atoms with Gasteiger partial charge in [-0.3, -0.25) is 4.79 Å². The molecule has 98 valence electrons. The van der Waals surface area contributed by atoms with E-state index in [-0.39, 0.29) is 5.91 Å². The lowest BCUT2D eigenvalue weighted by atomic mass is 9.80. The highest BCUT2D eigenvalue weighted by Crippen LogP contribution is 2.28. The normalized spacial score (nSPS) is 23.7. The summed E-state index contributed by atoms with van der Waals surface area (Å²) in [5.41, 5.74) is 0.322. The van der Waals surface area contributed by atoms with Crippen molar-refractivity contribution in [2.45, 2.75) is 32.6 Å². The molecule has 1 aliphatic rings. The maximum absolute atomic E-state index is 11.8. The van der Waals surface area contributed by atoms with Crippen LogP contribution >= 0.6 is 11.6 Å². The van der Waals surface area contributed by atoms with Crippen LogP contribution in [0.1, 0.15) is 43.1 Å². The standard InChI is InChI=1S/C13H18ClN3O/c1-9-4-2-3-5-10(9)8-15-13(18)11-6-7-12(14)17-16-11/h6-7,9-10H,2-5,8H2,1H3,(H,15,18). The van der Waals surface area contributed by atoms with Gasteiger partial charge in [-0.25, -0.2) is 0 Å². The van der Waals surface area contributed by atoms with Gasteiger partial charge >= 0.3 is 0 Å². The molecule has 1 amide bonds. The number of nitrogens with one attached hydrogen (secondary N) is 1. The second kappa shape index (κ2) is 6.14. The van der Waals surface area contributed by atoms with E-state index in [9.17, 15) is 4.79 Å². The van der Waals surface area contributed by atoms with Crippen LogP contribution in [0.2, 0.25) is 5.15 Å². The number of aromatic nitrogens is 2. The van der Waals surface area contributed by atoms with Crippen molar-refractivity contribution in [3.63, 3.8) is 0 Å². The van der Waals surface area contributed by atoms with Gasteiger partial charge in [0.2, 0.25) is 0 Å². The van der Waals surface area contributed by atoms with Gasteiger partial charge in [0.05, 0.1) is 0 Å². The minimum Gasteiger partial charge on any atom is -0.350 e. The summed E-state index contributed by atoms with van der Waals surface area (Å²) in [6, 6.07) is 3.17. The highest BCUT2D eigenvalue weighted by molar-refractivity contribution is 6.29. The van der Waals surface area contributed by atoms with E-state index in [1.807, 2.05) is 0 Å². The fourth-order valence-electron chi connectivity index (χ4n) is 2.45. The van der Waals surface area contributed by atoms with Crippen molar-refractivity contribution in [3.05, 3.63) is 23.0 Å². The first-order valence-corrected chi connectivity index (χ1v) is 6.82. The number of nitrogens with zero attached hydrogens (tertiary/aromatic N) is 2. The molecule has 2 atom stereocenters. The van der Waals surface area contributed by atoms with Gasteiger partial charge in [-0.15, -0.1) is 10.2 Å². The van der Waals surface area contributed by atoms with Crippen LogP contribution < -0.4 is 5.32 Å². The number of halogens is 1. The van der Waals surface area contributed by atoms with Gasteiger partial charge in [-0.2, -0.15) is 0 Å². The van der Waals surface area contributed by atoms with E-state index >= 15 is 0 Å². The molecule has 4 nitrogen and oxygen atoms in total. The first-order chi connectivity index (χ1) is 8.66. The van der Waals surface area contributed by atoms with E-state index in [4.69, 9.17) is 11.6 Å². The Labute approximate surface area is 112 Å². The smallest absolute Gasteiger partial charge is 0.271 e. The molecule has 1 saturated carbocycles. The average Bonchev–Trinajstić information content (AvgIpc) is 2.38. The molecule has 1 heterocycles. The number of hydrogen-bond donors (Lipinski definition) is 1. The summed E-state index contributed by atoms with van der Waals surface area (Å²) < 4.78 is 0. The lowest BCUT2D eigenvalue weighted by Gasteiger charge is -2.28. The van der Waals surface area contributed by atoms with Crippen LogP contribution in [0.15, 0.2) is 12.1 Å². The van der Waals surface area contributed by atoms with E-state index in [0.717, 1.165) is 6.54 Å². The molecule has 0 bridgehead atoms. The van der Waals surface area contributed by atoms with Crippen LogP contribution in [0.5, 0.6) is 0 Å². The van der Waals surface area contributed by atoms with E-state index in [1.165, 1.54) is 25.7 Å². The van der Waals surface area contributed by atoms with Gasteiger partial charge in [0, 0.05) is 6.54 Å². The molecule has 1 aliphatic carbocycles. The number of amides is 1. The summed E-state index contributed by atoms with van der Waals surface area (Å²) >= 11 is 5.63. The Kier molecular flexibility index (Phi) is 4.53. The van der Waals surface area contributed by atoms with Crippen molar-refractivity contribution in [2.24, 2.45) is 11.8 Å². The molecular weight excluding hydrogens is 250 g/mol. The fourth-order valence-corrected chi connectivity index (χ4v) is 2.55. The quantitative estimate of drug-likeness (QED) is 0.916. The van der Waals surface area contributed by atoms with Crippen molar-refractivity contribution in [1.82, 2.24) is 15.5 Å². The summed E-state index contributed by atoms with van der Waals surface area (Å²) in [5.74, 6) is 1.11. The fraction of sp³-hybridized carbons (Fsp3) is 0.615. The van der Waals surface area contributed by atoms with Crippen LogP contribution in [-0.2, 0) is 0 Å². The van der Waals surface area contributed by atoms with Crippen molar-refractivity contribution in [3.8, 4) is 0 Å². The lowest BCUT2D eigenvalue weighted by molar-refractivity contribution is 0.0930. The SMILES string of the molecule is CC1CCCCC1CNC(=O)c1ccc(Cl)nn1. The summed E-state index contributed by atoms with van der Waals surface area (Å²) in [5, 5.41) is 10.7. The third kappa shape index (κ3) is 3.42. The Morgan fingerprint density at radius 1 is 1.39 bits per heavy atom. The van der Waals surface area contributed by atoms with Crippen LogP contribution in [0, 0.1) is 11.8 Å². The van der Waals surface area contributed by atoms with Gasteiger partial charge in [0.15, 0.2) is 10.8 Å². The zero-order chi connectivity index (χ0) is 13.0. The third-order valence-corrected chi connectivity index (χ3v) is 3.88. The third-order valence-electron chi connectivity index (χ3n) is 3.68. The van der Waals surface area contributed by atoms with Gasteiger partial charge in [0.1, 0.15) is 0 Å². The molecule has 2 rings (SSSR count). The van der Waals surface area contributed by atoms with Crippen LogP contribution in [0.3, 0.4) is 0 Å². The lowest BCUT2D eigenvalue weighted by Crippen LogP contribution is -2.33. The minimum atomic E-state index is -0.169. The molecule has 1 aromatic heterocycles. The number of rotatable bonds is 3. The van der Waals surface area contributed by atoms with Crippen molar-refractivity contribution < 1.29 is 4.79 Å². The van der Waals surface area contributed by atoms with Gasteiger partial charge in [0.25, 0.3) is 5.91 Å². The molecule has 0 radical (unpaired) electrons. The molecule has 1 N–H and O–H groups in total. The zero-order valence-electron chi connectivity index (χ0n) is 10.5. The van der Waals surface area contributed by atoms with Crippen molar-refractivity contribution in [2.75, 3.05) is 6.54 Å².